The van der Waals surface area contributed by atoms with Crippen molar-refractivity contribution in [2.75, 3.05) is 13.7 Å². The molecule has 8 nitrogen and oxygen atoms in total. The first kappa shape index (κ1) is 19.4. The maximum Gasteiger partial charge on any atom is 0.426 e. The number of fused-ring (bicyclic) bond motifs is 3. The van der Waals surface area contributed by atoms with E-state index in [1.165, 1.54) is 6.92 Å². The first-order chi connectivity index (χ1) is 13.8. The van der Waals surface area contributed by atoms with Crippen LogP contribution in [0.1, 0.15) is 24.0 Å². The number of benzene rings is 2. The number of hydrogen-bond acceptors (Lipinski definition) is 7. The fraction of sp³-hybridized carbons (Fsp3) is 0.300. The summed E-state index contributed by atoms with van der Waals surface area (Å²) in [7, 11) is -3.34. The molecule has 152 valence electrons. The molecule has 0 unspecified atom stereocenters. The summed E-state index contributed by atoms with van der Waals surface area (Å²) in [5.74, 6) is -1.14. The minimum atomic E-state index is -4.45. The monoisotopic (exact) mass is 417 g/mol. The molecule has 1 heterocycles. The van der Waals surface area contributed by atoms with Gasteiger partial charge in [0.25, 0.3) is 0 Å². The number of carbonyl (C=O) groups excluding carboxylic acids is 2. The van der Waals surface area contributed by atoms with Gasteiger partial charge in [-0.15, -0.1) is 0 Å². The van der Waals surface area contributed by atoms with E-state index in [0.717, 1.165) is 29.4 Å². The SMILES string of the molecule is COC(=O)[C@@H]1[C@@H](C)OS(=O)(=O)N1C(=O)OCC1c2ccccc2-c2ccccc21. The number of hydrogen-bond donors (Lipinski definition) is 0. The Morgan fingerprint density at radius 2 is 1.59 bits per heavy atom. The Morgan fingerprint density at radius 3 is 2.14 bits per heavy atom. The van der Waals surface area contributed by atoms with Gasteiger partial charge in [-0.2, -0.15) is 12.7 Å². The van der Waals surface area contributed by atoms with E-state index in [4.69, 9.17) is 8.92 Å². The average Bonchev–Trinajstić information content (AvgIpc) is 3.15. The van der Waals surface area contributed by atoms with Gasteiger partial charge in [0.1, 0.15) is 12.7 Å². The molecule has 29 heavy (non-hydrogen) atoms. The van der Waals surface area contributed by atoms with E-state index in [0.29, 0.717) is 4.31 Å². The van der Waals surface area contributed by atoms with Gasteiger partial charge in [0.2, 0.25) is 0 Å². The van der Waals surface area contributed by atoms with Crippen molar-refractivity contribution >= 4 is 22.4 Å². The van der Waals surface area contributed by atoms with E-state index in [1.54, 1.807) is 0 Å². The number of amides is 1. The first-order valence-corrected chi connectivity index (χ1v) is 10.4. The van der Waals surface area contributed by atoms with Crippen molar-refractivity contribution in [3.05, 3.63) is 59.7 Å². The summed E-state index contributed by atoms with van der Waals surface area (Å²) < 4.78 is 39.5. The standard InChI is InChI=1S/C20H19NO7S/c1-12-18(19(22)26-2)21(29(24,25)28-12)20(23)27-11-17-15-9-5-3-7-13(15)14-8-4-6-10-16(14)17/h3-10,12,17-18H,11H2,1-2H3/t12-,18+/m1/s1. The third-order valence-electron chi connectivity index (χ3n) is 5.17. The van der Waals surface area contributed by atoms with Gasteiger partial charge in [0.05, 0.1) is 7.11 Å². The van der Waals surface area contributed by atoms with Gasteiger partial charge >= 0.3 is 22.4 Å². The van der Waals surface area contributed by atoms with Crippen molar-refractivity contribution in [2.45, 2.75) is 25.0 Å². The lowest BCUT2D eigenvalue weighted by atomic mass is 9.98. The molecule has 1 aliphatic heterocycles. The van der Waals surface area contributed by atoms with Gasteiger partial charge in [0.15, 0.2) is 6.04 Å². The van der Waals surface area contributed by atoms with Crippen molar-refractivity contribution in [3.8, 4) is 11.1 Å². The van der Waals surface area contributed by atoms with Crippen LogP contribution in [0.15, 0.2) is 48.5 Å². The molecule has 0 aromatic heterocycles. The topological polar surface area (TPSA) is 99.2 Å². The van der Waals surface area contributed by atoms with Gasteiger partial charge in [-0.3, -0.25) is 0 Å². The Morgan fingerprint density at radius 1 is 1.03 bits per heavy atom. The van der Waals surface area contributed by atoms with Crippen LogP contribution in [0.3, 0.4) is 0 Å². The average molecular weight is 417 g/mol. The van der Waals surface area contributed by atoms with Gasteiger partial charge in [0, 0.05) is 5.92 Å². The summed E-state index contributed by atoms with van der Waals surface area (Å²) in [5, 5.41) is 0. The molecule has 2 aliphatic rings. The largest absolute Gasteiger partial charge is 0.467 e. The van der Waals surface area contributed by atoms with Crippen LogP contribution < -0.4 is 0 Å². The molecule has 0 saturated carbocycles. The second-order valence-electron chi connectivity index (χ2n) is 6.83. The summed E-state index contributed by atoms with van der Waals surface area (Å²) in [5.41, 5.74) is 4.06. The lowest BCUT2D eigenvalue weighted by Gasteiger charge is -2.21. The molecule has 0 radical (unpaired) electrons. The summed E-state index contributed by atoms with van der Waals surface area (Å²) >= 11 is 0. The fourth-order valence-electron chi connectivity index (χ4n) is 3.89. The minimum absolute atomic E-state index is 0.0822. The van der Waals surface area contributed by atoms with Crippen molar-refractivity contribution in [2.24, 2.45) is 0 Å². The molecule has 2 aromatic rings. The van der Waals surface area contributed by atoms with Crippen molar-refractivity contribution < 1.29 is 31.7 Å². The van der Waals surface area contributed by atoms with E-state index in [-0.39, 0.29) is 12.5 Å². The molecule has 1 saturated heterocycles. The van der Waals surface area contributed by atoms with Crippen LogP contribution in [-0.4, -0.2) is 50.6 Å². The Bertz CT molecular complexity index is 1040. The molecule has 0 N–H and O–H groups in total. The number of rotatable bonds is 3. The second-order valence-corrected chi connectivity index (χ2v) is 8.27. The van der Waals surface area contributed by atoms with E-state index >= 15 is 0 Å². The summed E-state index contributed by atoms with van der Waals surface area (Å²) in [6, 6.07) is 14.1. The van der Waals surface area contributed by atoms with E-state index in [9.17, 15) is 18.0 Å². The molecule has 2 aromatic carbocycles. The lowest BCUT2D eigenvalue weighted by molar-refractivity contribution is -0.145. The zero-order valence-corrected chi connectivity index (χ0v) is 16.6. The predicted octanol–water partition coefficient (Wildman–Crippen LogP) is 2.44. The number of carbonyl (C=O) groups is 2. The molecule has 1 aliphatic carbocycles. The second kappa shape index (κ2) is 7.16. The zero-order valence-electron chi connectivity index (χ0n) is 15.8. The highest BCUT2D eigenvalue weighted by Crippen LogP contribution is 2.44. The van der Waals surface area contributed by atoms with Crippen molar-refractivity contribution in [1.82, 2.24) is 4.31 Å². The van der Waals surface area contributed by atoms with Crippen LogP contribution >= 0.6 is 0 Å². The van der Waals surface area contributed by atoms with E-state index in [1.807, 2.05) is 48.5 Å². The fourth-order valence-corrected chi connectivity index (χ4v) is 5.24. The molecule has 1 fully saturated rings. The maximum absolute atomic E-state index is 12.7. The van der Waals surface area contributed by atoms with Crippen LogP contribution in [-0.2, 0) is 28.8 Å². The molecule has 9 heteroatoms. The van der Waals surface area contributed by atoms with Crippen molar-refractivity contribution in [1.29, 1.82) is 0 Å². The molecule has 1 amide bonds. The molecule has 2 atom stereocenters. The molecule has 4 rings (SSSR count). The highest BCUT2D eigenvalue weighted by molar-refractivity contribution is 7.85. The zero-order chi connectivity index (χ0) is 20.8. The predicted molar refractivity (Wildman–Crippen MR) is 102 cm³/mol. The smallest absolute Gasteiger partial charge is 0.426 e. The normalized spacial score (nSPS) is 22.1. The van der Waals surface area contributed by atoms with Gasteiger partial charge in [-0.25, -0.2) is 13.8 Å². The Hall–Kier alpha value is -2.91. The summed E-state index contributed by atoms with van der Waals surface area (Å²) in [4.78, 5) is 24.7. The van der Waals surface area contributed by atoms with Crippen LogP contribution in [0.4, 0.5) is 4.79 Å². The Balaban J connectivity index is 1.59. The highest BCUT2D eigenvalue weighted by Gasteiger charge is 2.53. The van der Waals surface area contributed by atoms with Crippen molar-refractivity contribution in [3.63, 3.8) is 0 Å². The van der Waals surface area contributed by atoms with Crippen LogP contribution in [0, 0.1) is 0 Å². The molecular formula is C20H19NO7S. The Labute approximate surface area is 168 Å². The number of methoxy groups -OCH3 is 1. The number of nitrogens with zero attached hydrogens (tertiary/aromatic N) is 1. The van der Waals surface area contributed by atoms with Crippen LogP contribution in [0.5, 0.6) is 0 Å². The number of esters is 1. The number of ether oxygens (including phenoxy) is 2. The third kappa shape index (κ3) is 3.16. The lowest BCUT2D eigenvalue weighted by Crippen LogP contribution is -2.46. The Kier molecular flexibility index (Phi) is 4.79. The van der Waals surface area contributed by atoms with E-state index in [2.05, 4.69) is 4.74 Å². The van der Waals surface area contributed by atoms with Gasteiger partial charge in [-0.05, 0) is 29.2 Å². The molecule has 0 bridgehead atoms. The molecule has 0 spiro atoms. The van der Waals surface area contributed by atoms with Gasteiger partial charge < -0.3 is 9.47 Å². The van der Waals surface area contributed by atoms with Gasteiger partial charge in [-0.1, -0.05) is 48.5 Å². The summed E-state index contributed by atoms with van der Waals surface area (Å²) in [6.07, 6.45) is -2.25. The quantitative estimate of drug-likeness (QED) is 0.707. The minimum Gasteiger partial charge on any atom is -0.467 e. The highest BCUT2D eigenvalue weighted by atomic mass is 32.2. The maximum atomic E-state index is 12.7. The van der Waals surface area contributed by atoms with E-state index < -0.39 is 34.5 Å². The van der Waals surface area contributed by atoms with Crippen LogP contribution in [0.25, 0.3) is 11.1 Å². The summed E-state index contributed by atoms with van der Waals surface area (Å²) in [6.45, 7) is 1.29. The molecular weight excluding hydrogens is 398 g/mol. The van der Waals surface area contributed by atoms with Crippen LogP contribution in [0.2, 0.25) is 0 Å². The first-order valence-electron chi connectivity index (χ1n) is 9.00. The third-order valence-corrected chi connectivity index (χ3v) is 6.58.